The maximum Gasteiger partial charge on any atom is 0.355 e. The highest BCUT2D eigenvalue weighted by atomic mass is 35.5. The number of carboxylic acid groups (broad SMARTS) is 1. The number of rotatable bonds is 4. The molecule has 0 aliphatic carbocycles. The number of aromatic carboxylic acids is 1. The quantitative estimate of drug-likeness (QED) is 0.904. The van der Waals surface area contributed by atoms with Crippen LogP contribution >= 0.6 is 22.9 Å². The van der Waals surface area contributed by atoms with Crippen molar-refractivity contribution in [2.45, 2.75) is 19.9 Å². The van der Waals surface area contributed by atoms with Crippen molar-refractivity contribution < 1.29 is 14.7 Å². The molecular formula is C14H13ClN2O3S. The van der Waals surface area contributed by atoms with E-state index in [0.29, 0.717) is 15.6 Å². The second kappa shape index (κ2) is 6.24. The Morgan fingerprint density at radius 3 is 2.76 bits per heavy atom. The highest BCUT2D eigenvalue weighted by molar-refractivity contribution is 7.09. The van der Waals surface area contributed by atoms with Crippen LogP contribution in [0.4, 0.5) is 0 Å². The van der Waals surface area contributed by atoms with Gasteiger partial charge in [-0.1, -0.05) is 17.7 Å². The van der Waals surface area contributed by atoms with Gasteiger partial charge in [0.05, 0.1) is 6.04 Å². The minimum atomic E-state index is -1.08. The average Bonchev–Trinajstić information content (AvgIpc) is 2.91. The Morgan fingerprint density at radius 1 is 1.43 bits per heavy atom. The summed E-state index contributed by atoms with van der Waals surface area (Å²) in [5.74, 6) is -1.35. The molecule has 0 radical (unpaired) electrons. The number of aromatic nitrogens is 1. The smallest absolute Gasteiger partial charge is 0.355 e. The predicted octanol–water partition coefficient (Wildman–Crippen LogP) is 3.29. The van der Waals surface area contributed by atoms with E-state index in [1.54, 1.807) is 25.1 Å². The fraction of sp³-hybridized carbons (Fsp3) is 0.214. The van der Waals surface area contributed by atoms with E-state index < -0.39 is 5.97 Å². The third kappa shape index (κ3) is 3.59. The first-order valence-corrected chi connectivity index (χ1v) is 7.40. The van der Waals surface area contributed by atoms with E-state index in [1.165, 1.54) is 16.7 Å². The molecule has 0 saturated carbocycles. The Bertz CT molecular complexity index is 699. The van der Waals surface area contributed by atoms with Crippen molar-refractivity contribution in [2.24, 2.45) is 0 Å². The molecule has 2 rings (SSSR count). The number of hydrogen-bond acceptors (Lipinski definition) is 4. The van der Waals surface area contributed by atoms with Crippen LogP contribution in [0.2, 0.25) is 5.02 Å². The van der Waals surface area contributed by atoms with Gasteiger partial charge in [0.1, 0.15) is 5.01 Å². The highest BCUT2D eigenvalue weighted by Crippen LogP contribution is 2.20. The second-order valence-corrected chi connectivity index (χ2v) is 5.86. The van der Waals surface area contributed by atoms with Gasteiger partial charge in [-0.2, -0.15) is 0 Å². The summed E-state index contributed by atoms with van der Waals surface area (Å²) in [6.07, 6.45) is 0. The van der Waals surface area contributed by atoms with E-state index in [1.807, 2.05) is 6.92 Å². The molecule has 21 heavy (non-hydrogen) atoms. The minimum Gasteiger partial charge on any atom is -0.476 e. The summed E-state index contributed by atoms with van der Waals surface area (Å²) in [5.41, 5.74) is 1.29. The highest BCUT2D eigenvalue weighted by Gasteiger charge is 2.17. The molecule has 1 heterocycles. The van der Waals surface area contributed by atoms with Crippen LogP contribution in [-0.4, -0.2) is 22.0 Å². The number of nitrogens with zero attached hydrogens (tertiary/aromatic N) is 1. The standard InChI is InChI=1S/C14H13ClN2O3S/c1-7-3-4-9(15)5-10(7)12(18)16-8(2)13-17-11(6-21-13)14(19)20/h3-6,8H,1-2H3,(H,16,18)(H,19,20). The van der Waals surface area contributed by atoms with Gasteiger partial charge in [-0.25, -0.2) is 9.78 Å². The van der Waals surface area contributed by atoms with E-state index >= 15 is 0 Å². The summed E-state index contributed by atoms with van der Waals surface area (Å²) in [7, 11) is 0. The number of carbonyl (C=O) groups is 2. The van der Waals surface area contributed by atoms with Gasteiger partial charge >= 0.3 is 5.97 Å². The molecule has 1 aromatic carbocycles. The molecule has 5 nitrogen and oxygen atoms in total. The first-order valence-electron chi connectivity index (χ1n) is 6.14. The summed E-state index contributed by atoms with van der Waals surface area (Å²) in [6, 6.07) is 4.71. The number of aryl methyl sites for hydroxylation is 1. The van der Waals surface area contributed by atoms with Crippen molar-refractivity contribution in [3.63, 3.8) is 0 Å². The van der Waals surface area contributed by atoms with Crippen LogP contribution in [0.15, 0.2) is 23.6 Å². The van der Waals surface area contributed by atoms with Crippen molar-refractivity contribution in [3.05, 3.63) is 50.4 Å². The zero-order chi connectivity index (χ0) is 15.6. The second-order valence-electron chi connectivity index (χ2n) is 4.53. The Kier molecular flexibility index (Phi) is 4.59. The predicted molar refractivity (Wildman–Crippen MR) is 81.1 cm³/mol. The molecule has 2 aromatic rings. The topological polar surface area (TPSA) is 79.3 Å². The minimum absolute atomic E-state index is 0.0185. The fourth-order valence-corrected chi connectivity index (χ4v) is 2.73. The zero-order valence-electron chi connectivity index (χ0n) is 11.4. The van der Waals surface area contributed by atoms with Crippen molar-refractivity contribution in [2.75, 3.05) is 0 Å². The van der Waals surface area contributed by atoms with Crippen molar-refractivity contribution in [3.8, 4) is 0 Å². The molecular weight excluding hydrogens is 312 g/mol. The van der Waals surface area contributed by atoms with Crippen molar-refractivity contribution >= 4 is 34.8 Å². The lowest BCUT2D eigenvalue weighted by Crippen LogP contribution is -2.27. The van der Waals surface area contributed by atoms with Gasteiger partial charge in [0, 0.05) is 16.0 Å². The van der Waals surface area contributed by atoms with E-state index in [-0.39, 0.29) is 17.6 Å². The number of nitrogens with one attached hydrogen (secondary N) is 1. The molecule has 2 N–H and O–H groups in total. The van der Waals surface area contributed by atoms with E-state index in [0.717, 1.165) is 5.56 Å². The molecule has 1 atom stereocenters. The summed E-state index contributed by atoms with van der Waals surface area (Å²) in [4.78, 5) is 27.0. The molecule has 0 saturated heterocycles. The largest absolute Gasteiger partial charge is 0.476 e. The third-order valence-electron chi connectivity index (χ3n) is 2.90. The SMILES string of the molecule is Cc1ccc(Cl)cc1C(=O)NC(C)c1nc(C(=O)O)cs1. The first kappa shape index (κ1) is 15.5. The monoisotopic (exact) mass is 324 g/mol. The molecule has 1 unspecified atom stereocenters. The van der Waals surface area contributed by atoms with Crippen molar-refractivity contribution in [1.82, 2.24) is 10.3 Å². The molecule has 0 bridgehead atoms. The molecule has 0 aliphatic rings. The van der Waals surface area contributed by atoms with E-state index in [4.69, 9.17) is 16.7 Å². The van der Waals surface area contributed by atoms with Crippen LogP contribution in [0.3, 0.4) is 0 Å². The fourth-order valence-electron chi connectivity index (χ4n) is 1.76. The van der Waals surface area contributed by atoms with Gasteiger partial charge in [0.25, 0.3) is 5.91 Å². The van der Waals surface area contributed by atoms with Crippen LogP contribution in [0.5, 0.6) is 0 Å². The number of carbonyl (C=O) groups excluding carboxylic acids is 1. The maximum absolute atomic E-state index is 12.2. The average molecular weight is 325 g/mol. The number of benzene rings is 1. The molecule has 0 aliphatic heterocycles. The molecule has 0 spiro atoms. The number of amides is 1. The Balaban J connectivity index is 2.14. The Labute approximate surface area is 130 Å². The summed E-state index contributed by atoms with van der Waals surface area (Å²) in [5, 5.41) is 14.1. The third-order valence-corrected chi connectivity index (χ3v) is 4.17. The van der Waals surface area contributed by atoms with Gasteiger partial charge in [0.2, 0.25) is 0 Å². The van der Waals surface area contributed by atoms with Crippen LogP contribution < -0.4 is 5.32 Å². The zero-order valence-corrected chi connectivity index (χ0v) is 13.0. The number of hydrogen-bond donors (Lipinski definition) is 2. The van der Waals surface area contributed by atoms with Crippen LogP contribution in [0.1, 0.15) is 44.4 Å². The van der Waals surface area contributed by atoms with Gasteiger partial charge in [-0.3, -0.25) is 4.79 Å². The number of halogens is 1. The molecule has 1 amide bonds. The van der Waals surface area contributed by atoms with Gasteiger partial charge in [-0.15, -0.1) is 11.3 Å². The van der Waals surface area contributed by atoms with Crippen LogP contribution in [0, 0.1) is 6.92 Å². The first-order chi connectivity index (χ1) is 9.88. The summed E-state index contributed by atoms with van der Waals surface area (Å²) in [6.45, 7) is 3.57. The lowest BCUT2D eigenvalue weighted by atomic mass is 10.1. The van der Waals surface area contributed by atoms with Crippen LogP contribution in [-0.2, 0) is 0 Å². The van der Waals surface area contributed by atoms with Crippen LogP contribution in [0.25, 0.3) is 0 Å². The molecule has 7 heteroatoms. The van der Waals surface area contributed by atoms with E-state index in [2.05, 4.69) is 10.3 Å². The lowest BCUT2D eigenvalue weighted by Gasteiger charge is -2.12. The molecule has 1 aromatic heterocycles. The van der Waals surface area contributed by atoms with E-state index in [9.17, 15) is 9.59 Å². The maximum atomic E-state index is 12.2. The summed E-state index contributed by atoms with van der Waals surface area (Å²) >= 11 is 7.09. The normalized spacial score (nSPS) is 12.0. The number of carboxylic acids is 1. The van der Waals surface area contributed by atoms with Gasteiger partial charge in [-0.05, 0) is 31.5 Å². The lowest BCUT2D eigenvalue weighted by molar-refractivity contribution is 0.0691. The Hall–Kier alpha value is -1.92. The molecule has 0 fully saturated rings. The Morgan fingerprint density at radius 2 is 2.14 bits per heavy atom. The van der Waals surface area contributed by atoms with Crippen molar-refractivity contribution in [1.29, 1.82) is 0 Å². The number of thiazole rings is 1. The van der Waals surface area contributed by atoms with Gasteiger partial charge < -0.3 is 10.4 Å². The van der Waals surface area contributed by atoms with Gasteiger partial charge in [0.15, 0.2) is 5.69 Å². The summed E-state index contributed by atoms with van der Waals surface area (Å²) < 4.78 is 0. The molecule has 110 valence electrons.